The van der Waals surface area contributed by atoms with Crippen LogP contribution in [0.4, 0.5) is 5.95 Å². The molecule has 148 valence electrons. The summed E-state index contributed by atoms with van der Waals surface area (Å²) in [6.45, 7) is 1.79. The van der Waals surface area contributed by atoms with Crippen LogP contribution in [-0.2, 0) is 19.4 Å². The van der Waals surface area contributed by atoms with Crippen molar-refractivity contribution in [2.45, 2.75) is 32.2 Å². The molecular formula is C21H27N5OS. The van der Waals surface area contributed by atoms with E-state index in [2.05, 4.69) is 51.4 Å². The van der Waals surface area contributed by atoms with E-state index in [1.807, 2.05) is 23.5 Å². The van der Waals surface area contributed by atoms with Crippen LogP contribution in [0.15, 0.2) is 47.7 Å². The highest BCUT2D eigenvalue weighted by Crippen LogP contribution is 2.19. The van der Waals surface area contributed by atoms with Gasteiger partial charge in [0.2, 0.25) is 5.95 Å². The molecule has 2 N–H and O–H groups in total. The van der Waals surface area contributed by atoms with E-state index in [1.54, 1.807) is 18.6 Å². The lowest BCUT2D eigenvalue weighted by atomic mass is 10.1. The molecule has 0 unspecified atom stereocenters. The maximum atomic E-state index is 12.2. The van der Waals surface area contributed by atoms with E-state index in [1.165, 1.54) is 9.75 Å². The molecule has 0 aliphatic rings. The van der Waals surface area contributed by atoms with Crippen molar-refractivity contribution in [3.8, 4) is 0 Å². The first kappa shape index (κ1) is 20.2. The summed E-state index contributed by atoms with van der Waals surface area (Å²) >= 11 is 1.89. The number of thiophene rings is 1. The van der Waals surface area contributed by atoms with Crippen molar-refractivity contribution >= 4 is 17.3 Å². The van der Waals surface area contributed by atoms with Crippen molar-refractivity contribution in [1.82, 2.24) is 19.9 Å². The summed E-state index contributed by atoms with van der Waals surface area (Å²) in [5.74, 6) is 0.532. The van der Waals surface area contributed by atoms with E-state index >= 15 is 0 Å². The van der Waals surface area contributed by atoms with Gasteiger partial charge in [-0.05, 0) is 57.1 Å². The van der Waals surface area contributed by atoms with Gasteiger partial charge in [-0.25, -0.2) is 4.98 Å². The van der Waals surface area contributed by atoms with Gasteiger partial charge in [0.25, 0.3) is 5.56 Å². The Kier molecular flexibility index (Phi) is 7.33. The number of hydrogen-bond acceptors (Lipinski definition) is 6. The summed E-state index contributed by atoms with van der Waals surface area (Å²) in [6.07, 6.45) is 8.90. The van der Waals surface area contributed by atoms with E-state index in [4.69, 9.17) is 0 Å². The van der Waals surface area contributed by atoms with Crippen LogP contribution < -0.4 is 10.9 Å². The molecule has 0 saturated carbocycles. The number of aromatic nitrogens is 3. The van der Waals surface area contributed by atoms with Gasteiger partial charge < -0.3 is 10.2 Å². The van der Waals surface area contributed by atoms with Crippen molar-refractivity contribution < 1.29 is 0 Å². The maximum Gasteiger partial charge on any atom is 0.255 e. The van der Waals surface area contributed by atoms with Crippen molar-refractivity contribution in [2.75, 3.05) is 26.0 Å². The number of H-pyrrole nitrogens is 1. The minimum absolute atomic E-state index is 0.103. The molecule has 6 nitrogen and oxygen atoms in total. The Hall–Kier alpha value is -2.51. The SMILES string of the molecule is CN(C)Cc1ccc(CCCCNc2ncc(Cc3cccnc3)c(=O)[nH]2)s1. The monoisotopic (exact) mass is 397 g/mol. The van der Waals surface area contributed by atoms with Crippen LogP contribution in [0.25, 0.3) is 0 Å². The zero-order valence-electron chi connectivity index (χ0n) is 16.4. The van der Waals surface area contributed by atoms with Crippen LogP contribution in [0.3, 0.4) is 0 Å². The Morgan fingerprint density at radius 1 is 1.14 bits per heavy atom. The quantitative estimate of drug-likeness (QED) is 0.514. The van der Waals surface area contributed by atoms with Gasteiger partial charge in [-0.15, -0.1) is 11.3 Å². The molecule has 0 spiro atoms. The molecule has 0 atom stereocenters. The fourth-order valence-corrected chi connectivity index (χ4v) is 4.12. The lowest BCUT2D eigenvalue weighted by Crippen LogP contribution is -2.17. The zero-order valence-corrected chi connectivity index (χ0v) is 17.3. The number of nitrogens with one attached hydrogen (secondary N) is 2. The van der Waals surface area contributed by atoms with Crippen molar-refractivity contribution in [1.29, 1.82) is 0 Å². The molecule has 0 bridgehead atoms. The van der Waals surface area contributed by atoms with Crippen LogP contribution in [0.2, 0.25) is 0 Å². The summed E-state index contributed by atoms with van der Waals surface area (Å²) in [6, 6.07) is 8.28. The topological polar surface area (TPSA) is 73.9 Å². The Bertz CT molecular complexity index is 920. The maximum absolute atomic E-state index is 12.2. The Labute approximate surface area is 169 Å². The highest BCUT2D eigenvalue weighted by Gasteiger charge is 2.05. The Morgan fingerprint density at radius 2 is 2.00 bits per heavy atom. The molecule has 0 aromatic carbocycles. The number of aryl methyl sites for hydroxylation is 1. The summed E-state index contributed by atoms with van der Waals surface area (Å²) in [4.78, 5) is 28.5. The summed E-state index contributed by atoms with van der Waals surface area (Å²) < 4.78 is 0. The third kappa shape index (κ3) is 6.28. The largest absolute Gasteiger partial charge is 0.356 e. The fraction of sp³-hybridized carbons (Fsp3) is 0.381. The van der Waals surface area contributed by atoms with Crippen LogP contribution in [0, 0.1) is 0 Å². The molecule has 3 aromatic rings. The predicted octanol–water partition coefficient (Wildman–Crippen LogP) is 3.31. The van der Waals surface area contributed by atoms with Crippen molar-refractivity contribution in [3.63, 3.8) is 0 Å². The molecule has 0 amide bonds. The molecule has 7 heteroatoms. The summed E-state index contributed by atoms with van der Waals surface area (Å²) in [5.41, 5.74) is 1.54. The first-order valence-electron chi connectivity index (χ1n) is 9.53. The van der Waals surface area contributed by atoms with Gasteiger partial charge in [-0.3, -0.25) is 14.8 Å². The van der Waals surface area contributed by atoms with Gasteiger partial charge in [0.1, 0.15) is 0 Å². The number of hydrogen-bond donors (Lipinski definition) is 2. The molecule has 0 fully saturated rings. The number of pyridine rings is 1. The lowest BCUT2D eigenvalue weighted by molar-refractivity contribution is 0.406. The van der Waals surface area contributed by atoms with Crippen LogP contribution in [-0.4, -0.2) is 40.5 Å². The smallest absolute Gasteiger partial charge is 0.255 e. The van der Waals surface area contributed by atoms with E-state index in [0.29, 0.717) is 17.9 Å². The number of rotatable bonds is 10. The molecule has 0 saturated heterocycles. The highest BCUT2D eigenvalue weighted by molar-refractivity contribution is 7.11. The standard InChI is InChI=1S/C21H27N5OS/c1-26(2)15-19-9-8-18(28-19)7-3-4-11-23-21-24-14-17(20(27)25-21)12-16-6-5-10-22-13-16/h5-6,8-10,13-14H,3-4,7,11-12,15H2,1-2H3,(H2,23,24,25,27). The number of aromatic amines is 1. The Balaban J connectivity index is 1.41. The van der Waals surface area contributed by atoms with Crippen molar-refractivity contribution in [3.05, 3.63) is 74.1 Å². The zero-order chi connectivity index (χ0) is 19.8. The van der Waals surface area contributed by atoms with Crippen LogP contribution in [0.1, 0.15) is 33.7 Å². The minimum atomic E-state index is -0.103. The van der Waals surface area contributed by atoms with Gasteiger partial charge in [0, 0.05) is 53.4 Å². The lowest BCUT2D eigenvalue weighted by Gasteiger charge is -2.07. The van der Waals surface area contributed by atoms with E-state index in [0.717, 1.165) is 37.9 Å². The number of anilines is 1. The van der Waals surface area contributed by atoms with Gasteiger partial charge in [0.15, 0.2) is 0 Å². The normalized spacial score (nSPS) is 11.1. The van der Waals surface area contributed by atoms with Crippen molar-refractivity contribution in [2.24, 2.45) is 0 Å². The van der Waals surface area contributed by atoms with E-state index in [-0.39, 0.29) is 5.56 Å². The second-order valence-electron chi connectivity index (χ2n) is 7.11. The van der Waals surface area contributed by atoms with Gasteiger partial charge in [-0.1, -0.05) is 6.07 Å². The highest BCUT2D eigenvalue weighted by atomic mass is 32.1. The molecular weight excluding hydrogens is 370 g/mol. The molecule has 0 aliphatic carbocycles. The molecule has 3 aromatic heterocycles. The molecule has 28 heavy (non-hydrogen) atoms. The average molecular weight is 398 g/mol. The summed E-state index contributed by atoms with van der Waals surface area (Å²) in [7, 11) is 4.18. The third-order valence-electron chi connectivity index (χ3n) is 4.32. The van der Waals surface area contributed by atoms with E-state index in [9.17, 15) is 4.79 Å². The molecule has 0 aliphatic heterocycles. The first-order chi connectivity index (χ1) is 13.6. The van der Waals surface area contributed by atoms with E-state index < -0.39 is 0 Å². The Morgan fingerprint density at radius 3 is 2.75 bits per heavy atom. The number of unbranched alkanes of at least 4 members (excludes halogenated alkanes) is 1. The summed E-state index contributed by atoms with van der Waals surface area (Å²) in [5, 5.41) is 3.21. The fourth-order valence-electron chi connectivity index (χ4n) is 2.94. The second kappa shape index (κ2) is 10.1. The van der Waals surface area contributed by atoms with Gasteiger partial charge in [0.05, 0.1) is 0 Å². The molecule has 3 heterocycles. The first-order valence-corrected chi connectivity index (χ1v) is 10.3. The molecule has 3 rings (SSSR count). The third-order valence-corrected chi connectivity index (χ3v) is 5.45. The average Bonchev–Trinajstić information content (AvgIpc) is 3.11. The molecule has 0 radical (unpaired) electrons. The minimum Gasteiger partial charge on any atom is -0.356 e. The second-order valence-corrected chi connectivity index (χ2v) is 8.37. The van der Waals surface area contributed by atoms with Gasteiger partial charge >= 0.3 is 0 Å². The number of nitrogens with zero attached hydrogens (tertiary/aromatic N) is 3. The van der Waals surface area contributed by atoms with Crippen LogP contribution in [0.5, 0.6) is 0 Å². The van der Waals surface area contributed by atoms with Crippen LogP contribution >= 0.6 is 11.3 Å². The predicted molar refractivity (Wildman–Crippen MR) is 115 cm³/mol. The van der Waals surface area contributed by atoms with Gasteiger partial charge in [-0.2, -0.15) is 0 Å².